The molecular weight excluding hydrogens is 270 g/mol. The largest absolute Gasteiger partial charge is 0.466 e. The lowest BCUT2D eigenvalue weighted by Gasteiger charge is -2.28. The summed E-state index contributed by atoms with van der Waals surface area (Å²) in [5.41, 5.74) is 1.35. The lowest BCUT2D eigenvalue weighted by molar-refractivity contribution is -0.921. The molecule has 4 heteroatoms. The van der Waals surface area contributed by atoms with Gasteiger partial charge >= 0.3 is 5.97 Å². The van der Waals surface area contributed by atoms with Crippen molar-refractivity contribution in [3.8, 4) is 0 Å². The van der Waals surface area contributed by atoms with E-state index in [-0.39, 0.29) is 11.9 Å². The molecule has 0 amide bonds. The van der Waals surface area contributed by atoms with Crippen LogP contribution in [0.2, 0.25) is 0 Å². The third-order valence-corrected chi connectivity index (χ3v) is 4.59. The van der Waals surface area contributed by atoms with Crippen LogP contribution in [-0.4, -0.2) is 31.9 Å². The van der Waals surface area contributed by atoms with E-state index in [0.29, 0.717) is 6.61 Å². The predicted molar refractivity (Wildman–Crippen MR) is 82.0 cm³/mol. The Labute approximate surface area is 125 Å². The highest BCUT2D eigenvalue weighted by Gasteiger charge is 2.29. The zero-order valence-electron chi connectivity index (χ0n) is 12.4. The van der Waals surface area contributed by atoms with Crippen molar-refractivity contribution >= 4 is 17.7 Å². The summed E-state index contributed by atoms with van der Waals surface area (Å²) in [6.45, 7) is 5.42. The van der Waals surface area contributed by atoms with E-state index in [1.54, 1.807) is 11.8 Å². The van der Waals surface area contributed by atoms with Gasteiger partial charge in [-0.25, -0.2) is 0 Å². The number of likely N-dealkylation sites (tertiary alicyclic amines) is 1. The monoisotopic (exact) mass is 294 g/mol. The molecule has 1 saturated heterocycles. The molecule has 1 unspecified atom stereocenters. The Bertz CT molecular complexity index is 433. The number of carbonyl (C=O) groups is 1. The van der Waals surface area contributed by atoms with Gasteiger partial charge in [-0.15, -0.1) is 11.8 Å². The van der Waals surface area contributed by atoms with Crippen LogP contribution in [0.4, 0.5) is 0 Å². The predicted octanol–water partition coefficient (Wildman–Crippen LogP) is 1.77. The lowest BCUT2D eigenvalue weighted by atomic mass is 9.98. The Morgan fingerprint density at radius 1 is 1.40 bits per heavy atom. The maximum Gasteiger partial charge on any atom is 0.314 e. The number of ether oxygens (including phenoxy) is 1. The molecule has 0 bridgehead atoms. The number of nitrogens with one attached hydrogen (secondary N) is 1. The van der Waals surface area contributed by atoms with Crippen molar-refractivity contribution in [2.75, 3.05) is 26.0 Å². The van der Waals surface area contributed by atoms with E-state index in [1.807, 2.05) is 6.92 Å². The van der Waals surface area contributed by atoms with Gasteiger partial charge in [-0.3, -0.25) is 4.79 Å². The van der Waals surface area contributed by atoms with E-state index in [1.165, 1.54) is 15.4 Å². The first-order chi connectivity index (χ1) is 9.72. The molecule has 0 spiro atoms. The van der Waals surface area contributed by atoms with Gasteiger partial charge in [-0.2, -0.15) is 0 Å². The third kappa shape index (κ3) is 4.25. The standard InChI is InChI=1S/C16H23NO2S/c1-3-19-16(18)14-5-4-10-17(12-14)11-13-6-8-15(20-2)9-7-13/h6-9,14H,3-5,10-12H2,1-2H3/p+1/t14-/m0/s1. The quantitative estimate of drug-likeness (QED) is 0.663. The number of thioether (sulfide) groups is 1. The molecule has 0 aromatic heterocycles. The van der Waals surface area contributed by atoms with Gasteiger partial charge in [0, 0.05) is 10.5 Å². The zero-order chi connectivity index (χ0) is 14.4. The minimum absolute atomic E-state index is 0.0116. The number of benzene rings is 1. The number of piperidine rings is 1. The Morgan fingerprint density at radius 3 is 2.80 bits per heavy atom. The molecule has 2 rings (SSSR count). The average Bonchev–Trinajstić information content (AvgIpc) is 2.48. The second-order valence-electron chi connectivity index (χ2n) is 5.32. The smallest absolute Gasteiger partial charge is 0.314 e. The maximum absolute atomic E-state index is 11.8. The summed E-state index contributed by atoms with van der Waals surface area (Å²) >= 11 is 1.77. The van der Waals surface area contributed by atoms with Crippen LogP contribution < -0.4 is 4.90 Å². The van der Waals surface area contributed by atoms with Crippen LogP contribution in [0.5, 0.6) is 0 Å². The van der Waals surface area contributed by atoms with Crippen molar-refractivity contribution in [3.05, 3.63) is 29.8 Å². The van der Waals surface area contributed by atoms with Gasteiger partial charge in [0.25, 0.3) is 0 Å². The van der Waals surface area contributed by atoms with Crippen molar-refractivity contribution in [1.82, 2.24) is 0 Å². The Hall–Kier alpha value is -1.00. The van der Waals surface area contributed by atoms with Crippen LogP contribution in [0.3, 0.4) is 0 Å². The van der Waals surface area contributed by atoms with Gasteiger partial charge in [-0.05, 0) is 38.2 Å². The summed E-state index contributed by atoms with van der Waals surface area (Å²) in [7, 11) is 0. The van der Waals surface area contributed by atoms with E-state index < -0.39 is 0 Å². The fourth-order valence-corrected chi connectivity index (χ4v) is 3.21. The van der Waals surface area contributed by atoms with E-state index >= 15 is 0 Å². The normalized spacial score (nSPS) is 22.5. The molecule has 1 N–H and O–H groups in total. The summed E-state index contributed by atoms with van der Waals surface area (Å²) in [6, 6.07) is 8.75. The molecule has 1 aliphatic heterocycles. The van der Waals surface area contributed by atoms with Crippen LogP contribution >= 0.6 is 11.8 Å². The number of hydrogen-bond donors (Lipinski definition) is 1. The van der Waals surface area contributed by atoms with Crippen molar-refractivity contribution in [1.29, 1.82) is 0 Å². The molecule has 110 valence electrons. The molecule has 0 saturated carbocycles. The van der Waals surface area contributed by atoms with Crippen molar-refractivity contribution in [3.63, 3.8) is 0 Å². The summed E-state index contributed by atoms with van der Waals surface area (Å²) in [6.07, 6.45) is 4.18. The molecule has 1 aromatic carbocycles. The summed E-state index contributed by atoms with van der Waals surface area (Å²) < 4.78 is 5.16. The molecule has 1 aromatic rings. The van der Waals surface area contributed by atoms with Gasteiger partial charge < -0.3 is 9.64 Å². The molecular formula is C16H24NO2S+. The SMILES string of the molecule is CCOC(=O)[C@H]1CCC[NH+](Cc2ccc(SC)cc2)C1. The number of esters is 1. The van der Waals surface area contributed by atoms with E-state index in [4.69, 9.17) is 4.74 Å². The molecule has 0 radical (unpaired) electrons. The van der Waals surface area contributed by atoms with Gasteiger partial charge in [0.1, 0.15) is 12.5 Å². The maximum atomic E-state index is 11.8. The molecule has 2 atom stereocenters. The van der Waals surface area contributed by atoms with Crippen LogP contribution in [0.25, 0.3) is 0 Å². The van der Waals surface area contributed by atoms with Gasteiger partial charge in [0.05, 0.1) is 19.7 Å². The second kappa shape index (κ2) is 7.70. The molecule has 3 nitrogen and oxygen atoms in total. The van der Waals surface area contributed by atoms with Crippen LogP contribution in [0, 0.1) is 5.92 Å². The minimum atomic E-state index is -0.0116. The van der Waals surface area contributed by atoms with Gasteiger partial charge in [-0.1, -0.05) is 12.1 Å². The summed E-state index contributed by atoms with van der Waals surface area (Å²) in [5.74, 6) is 0.0756. The minimum Gasteiger partial charge on any atom is -0.466 e. The first-order valence-electron chi connectivity index (χ1n) is 7.36. The topological polar surface area (TPSA) is 30.7 Å². The Morgan fingerprint density at radius 2 is 2.15 bits per heavy atom. The molecule has 1 aliphatic rings. The molecule has 1 heterocycles. The fraction of sp³-hybridized carbons (Fsp3) is 0.562. The zero-order valence-corrected chi connectivity index (χ0v) is 13.2. The van der Waals surface area contributed by atoms with Crippen LogP contribution in [0.1, 0.15) is 25.3 Å². The Kier molecular flexibility index (Phi) is 5.92. The van der Waals surface area contributed by atoms with Gasteiger partial charge in [0.15, 0.2) is 0 Å². The summed E-state index contributed by atoms with van der Waals surface area (Å²) in [5, 5.41) is 0. The van der Waals surface area contributed by atoms with Crippen molar-refractivity contribution in [2.24, 2.45) is 5.92 Å². The fourth-order valence-electron chi connectivity index (χ4n) is 2.80. The highest BCUT2D eigenvalue weighted by atomic mass is 32.2. The first-order valence-corrected chi connectivity index (χ1v) is 8.58. The van der Waals surface area contributed by atoms with E-state index in [9.17, 15) is 4.79 Å². The number of hydrogen-bond acceptors (Lipinski definition) is 3. The van der Waals surface area contributed by atoms with E-state index in [2.05, 4.69) is 30.5 Å². The number of carbonyl (C=O) groups excluding carboxylic acids is 1. The van der Waals surface area contributed by atoms with Crippen molar-refractivity contribution in [2.45, 2.75) is 31.2 Å². The van der Waals surface area contributed by atoms with Gasteiger partial charge in [0.2, 0.25) is 0 Å². The van der Waals surface area contributed by atoms with Crippen LogP contribution in [0.15, 0.2) is 29.2 Å². The highest BCUT2D eigenvalue weighted by Crippen LogP contribution is 2.15. The van der Waals surface area contributed by atoms with Crippen LogP contribution in [-0.2, 0) is 16.1 Å². The average molecular weight is 294 g/mol. The van der Waals surface area contributed by atoms with E-state index in [0.717, 1.165) is 32.5 Å². The molecule has 20 heavy (non-hydrogen) atoms. The lowest BCUT2D eigenvalue weighted by Crippen LogP contribution is -3.12. The van der Waals surface area contributed by atoms with Crippen molar-refractivity contribution < 1.29 is 14.4 Å². The molecule has 0 aliphatic carbocycles. The third-order valence-electron chi connectivity index (χ3n) is 3.85. The molecule has 1 fully saturated rings. The second-order valence-corrected chi connectivity index (χ2v) is 6.20. The number of rotatable bonds is 5. The Balaban J connectivity index is 1.90. The number of quaternary nitrogens is 1. The highest BCUT2D eigenvalue weighted by molar-refractivity contribution is 7.98. The summed E-state index contributed by atoms with van der Waals surface area (Å²) in [4.78, 5) is 14.6. The first kappa shape index (κ1) is 15.4.